The van der Waals surface area contributed by atoms with E-state index in [0.717, 1.165) is 30.5 Å². The quantitative estimate of drug-likeness (QED) is 0.600. The molecular weight excluding hydrogens is 342 g/mol. The summed E-state index contributed by atoms with van der Waals surface area (Å²) in [5.74, 6) is -0.368. The summed E-state index contributed by atoms with van der Waals surface area (Å²) in [6.07, 6.45) is 5.48. The van der Waals surface area contributed by atoms with Gasteiger partial charge in [0.2, 0.25) is 0 Å². The van der Waals surface area contributed by atoms with E-state index in [4.69, 9.17) is 4.74 Å². The van der Waals surface area contributed by atoms with Crippen molar-refractivity contribution in [2.24, 2.45) is 0 Å². The average Bonchev–Trinajstić information content (AvgIpc) is 3.07. The zero-order chi connectivity index (χ0) is 19.4. The van der Waals surface area contributed by atoms with Crippen LogP contribution in [0.25, 0.3) is 10.9 Å². The third-order valence-electron chi connectivity index (χ3n) is 5.21. The van der Waals surface area contributed by atoms with E-state index in [-0.39, 0.29) is 6.04 Å². The molecule has 1 saturated heterocycles. The highest BCUT2D eigenvalue weighted by Crippen LogP contribution is 2.28. The molecule has 6 nitrogen and oxygen atoms in total. The molecule has 0 spiro atoms. The SMILES string of the molecule is COc1ccc2c(c1)c(C(=O)C(=O)NCCN1CCCCC1)cn2C(C)C. The van der Waals surface area contributed by atoms with Crippen LogP contribution in [-0.2, 0) is 4.79 Å². The summed E-state index contributed by atoms with van der Waals surface area (Å²) in [5.41, 5.74) is 1.35. The third kappa shape index (κ3) is 4.33. The van der Waals surface area contributed by atoms with E-state index in [9.17, 15) is 9.59 Å². The number of Topliss-reactive ketones (excluding diaryl/α,β-unsaturated/α-hetero) is 1. The molecule has 0 bridgehead atoms. The maximum atomic E-state index is 12.8. The number of benzene rings is 1. The van der Waals surface area contributed by atoms with E-state index in [2.05, 4.69) is 24.1 Å². The molecule has 0 radical (unpaired) electrons. The molecule has 6 heteroatoms. The van der Waals surface area contributed by atoms with Crippen LogP contribution in [0.15, 0.2) is 24.4 Å². The van der Waals surface area contributed by atoms with Crippen molar-refractivity contribution in [3.05, 3.63) is 30.0 Å². The molecular formula is C21H29N3O3. The van der Waals surface area contributed by atoms with Gasteiger partial charge in [-0.15, -0.1) is 0 Å². The van der Waals surface area contributed by atoms with Gasteiger partial charge in [-0.25, -0.2) is 0 Å². The summed E-state index contributed by atoms with van der Waals surface area (Å²) in [5, 5.41) is 3.54. The zero-order valence-corrected chi connectivity index (χ0v) is 16.5. The Bertz CT molecular complexity index is 819. The molecule has 1 fully saturated rings. The fourth-order valence-corrected chi connectivity index (χ4v) is 3.68. The minimum Gasteiger partial charge on any atom is -0.497 e. The molecule has 1 N–H and O–H groups in total. The molecule has 0 unspecified atom stereocenters. The van der Waals surface area contributed by atoms with Gasteiger partial charge in [0.25, 0.3) is 11.7 Å². The Morgan fingerprint density at radius 2 is 1.93 bits per heavy atom. The van der Waals surface area contributed by atoms with Gasteiger partial charge in [-0.2, -0.15) is 0 Å². The first-order valence-corrected chi connectivity index (χ1v) is 9.74. The lowest BCUT2D eigenvalue weighted by Crippen LogP contribution is -2.39. The topological polar surface area (TPSA) is 63.6 Å². The van der Waals surface area contributed by atoms with Crippen molar-refractivity contribution in [2.75, 3.05) is 33.3 Å². The van der Waals surface area contributed by atoms with Gasteiger partial charge in [-0.1, -0.05) is 6.42 Å². The van der Waals surface area contributed by atoms with Gasteiger partial charge in [0, 0.05) is 36.2 Å². The van der Waals surface area contributed by atoms with Gasteiger partial charge in [0.1, 0.15) is 5.75 Å². The fraction of sp³-hybridized carbons (Fsp3) is 0.524. The van der Waals surface area contributed by atoms with Crippen LogP contribution in [0.4, 0.5) is 0 Å². The van der Waals surface area contributed by atoms with E-state index in [1.165, 1.54) is 19.3 Å². The number of nitrogens with one attached hydrogen (secondary N) is 1. The summed E-state index contributed by atoms with van der Waals surface area (Å²) in [6, 6.07) is 5.81. The van der Waals surface area contributed by atoms with E-state index in [1.54, 1.807) is 13.3 Å². The number of fused-ring (bicyclic) bond motifs is 1. The van der Waals surface area contributed by atoms with Gasteiger partial charge < -0.3 is 19.5 Å². The van der Waals surface area contributed by atoms with Crippen molar-refractivity contribution in [3.8, 4) is 5.75 Å². The van der Waals surface area contributed by atoms with Crippen molar-refractivity contribution >= 4 is 22.6 Å². The molecule has 3 rings (SSSR count). The summed E-state index contributed by atoms with van der Waals surface area (Å²) in [6.45, 7) is 7.54. The molecule has 0 atom stereocenters. The number of hydrogen-bond donors (Lipinski definition) is 1. The number of rotatable bonds is 7. The van der Waals surface area contributed by atoms with Crippen LogP contribution in [0, 0.1) is 0 Å². The second-order valence-corrected chi connectivity index (χ2v) is 7.41. The maximum Gasteiger partial charge on any atom is 0.292 e. The highest BCUT2D eigenvalue weighted by molar-refractivity contribution is 6.45. The highest BCUT2D eigenvalue weighted by atomic mass is 16.5. The Balaban J connectivity index is 1.74. The second-order valence-electron chi connectivity index (χ2n) is 7.41. The minimum absolute atomic E-state index is 0.185. The number of piperidine rings is 1. The number of nitrogens with zero attached hydrogens (tertiary/aromatic N) is 2. The lowest BCUT2D eigenvalue weighted by Gasteiger charge is -2.26. The monoisotopic (exact) mass is 371 g/mol. The molecule has 2 aromatic rings. The number of carbonyl (C=O) groups excluding carboxylic acids is 2. The van der Waals surface area contributed by atoms with E-state index in [0.29, 0.717) is 17.9 Å². The van der Waals surface area contributed by atoms with E-state index in [1.807, 2.05) is 22.8 Å². The van der Waals surface area contributed by atoms with Crippen LogP contribution >= 0.6 is 0 Å². The predicted molar refractivity (Wildman–Crippen MR) is 107 cm³/mol. The first-order chi connectivity index (χ1) is 13.0. The lowest BCUT2D eigenvalue weighted by molar-refractivity contribution is -0.117. The number of amides is 1. The lowest BCUT2D eigenvalue weighted by atomic mass is 10.1. The van der Waals surface area contributed by atoms with Gasteiger partial charge >= 0.3 is 0 Å². The van der Waals surface area contributed by atoms with Crippen LogP contribution in [0.2, 0.25) is 0 Å². The first kappa shape index (κ1) is 19.4. The van der Waals surface area contributed by atoms with Gasteiger partial charge in [-0.05, 0) is 58.0 Å². The van der Waals surface area contributed by atoms with Crippen LogP contribution in [0.3, 0.4) is 0 Å². The Morgan fingerprint density at radius 3 is 2.59 bits per heavy atom. The number of methoxy groups -OCH3 is 1. The first-order valence-electron chi connectivity index (χ1n) is 9.74. The predicted octanol–water partition coefficient (Wildman–Crippen LogP) is 3.02. The molecule has 1 aromatic carbocycles. The van der Waals surface area contributed by atoms with Crippen LogP contribution in [0.1, 0.15) is 49.5 Å². The summed E-state index contributed by atoms with van der Waals surface area (Å²) in [4.78, 5) is 27.6. The average molecular weight is 371 g/mol. The number of carbonyl (C=O) groups is 2. The van der Waals surface area contributed by atoms with Crippen molar-refractivity contribution in [1.82, 2.24) is 14.8 Å². The summed E-state index contributed by atoms with van der Waals surface area (Å²) in [7, 11) is 1.59. The fourth-order valence-electron chi connectivity index (χ4n) is 3.68. The van der Waals surface area contributed by atoms with Crippen LogP contribution < -0.4 is 10.1 Å². The van der Waals surface area contributed by atoms with Gasteiger partial charge in [0.15, 0.2) is 0 Å². The number of aromatic nitrogens is 1. The van der Waals surface area contributed by atoms with Crippen molar-refractivity contribution < 1.29 is 14.3 Å². The molecule has 1 aliphatic rings. The molecule has 0 aliphatic carbocycles. The van der Waals surface area contributed by atoms with E-state index < -0.39 is 11.7 Å². The maximum absolute atomic E-state index is 12.8. The Morgan fingerprint density at radius 1 is 1.19 bits per heavy atom. The van der Waals surface area contributed by atoms with E-state index >= 15 is 0 Å². The summed E-state index contributed by atoms with van der Waals surface area (Å²) >= 11 is 0. The molecule has 2 heterocycles. The second kappa shape index (κ2) is 8.57. The molecule has 1 aromatic heterocycles. The smallest absolute Gasteiger partial charge is 0.292 e. The number of ether oxygens (including phenoxy) is 1. The normalized spacial score (nSPS) is 15.3. The van der Waals surface area contributed by atoms with Crippen LogP contribution in [0.5, 0.6) is 5.75 Å². The summed E-state index contributed by atoms with van der Waals surface area (Å²) < 4.78 is 7.31. The molecule has 1 aliphatic heterocycles. The van der Waals surface area contributed by atoms with Crippen LogP contribution in [-0.4, -0.2) is 54.4 Å². The number of likely N-dealkylation sites (tertiary alicyclic amines) is 1. The number of hydrogen-bond acceptors (Lipinski definition) is 4. The molecule has 1 amide bonds. The standard InChI is InChI=1S/C21H29N3O3/c1-15(2)24-14-18(17-13-16(27-3)7-8-19(17)24)20(25)21(26)22-9-12-23-10-5-4-6-11-23/h7-8,13-15H,4-6,9-12H2,1-3H3,(H,22,26). The van der Waals surface area contributed by atoms with Crippen molar-refractivity contribution in [3.63, 3.8) is 0 Å². The highest BCUT2D eigenvalue weighted by Gasteiger charge is 2.23. The van der Waals surface area contributed by atoms with Gasteiger partial charge in [0.05, 0.1) is 12.7 Å². The Labute approximate surface area is 160 Å². The Hall–Kier alpha value is -2.34. The van der Waals surface area contributed by atoms with Crippen molar-refractivity contribution in [1.29, 1.82) is 0 Å². The molecule has 27 heavy (non-hydrogen) atoms. The zero-order valence-electron chi connectivity index (χ0n) is 16.5. The Kier molecular flexibility index (Phi) is 6.16. The third-order valence-corrected chi connectivity index (χ3v) is 5.21. The minimum atomic E-state index is -0.544. The largest absolute Gasteiger partial charge is 0.497 e. The molecule has 0 saturated carbocycles. The molecule has 146 valence electrons. The van der Waals surface area contributed by atoms with Gasteiger partial charge in [-0.3, -0.25) is 9.59 Å². The van der Waals surface area contributed by atoms with Crippen molar-refractivity contribution in [2.45, 2.75) is 39.2 Å². The number of ketones is 1.